The van der Waals surface area contributed by atoms with Gasteiger partial charge >= 0.3 is 0 Å². The van der Waals surface area contributed by atoms with Crippen LogP contribution in [0.25, 0.3) is 0 Å². The van der Waals surface area contributed by atoms with Crippen molar-refractivity contribution in [2.75, 3.05) is 0 Å². The standard InChI is InChI=1S/C29H43F2N3O2/c1-6-9-12-17-33-29(32)26(23(31)8-3)19(4)13-10-11-14-25-22(7-2)20(5)28(36-25)27(35)24-16-15-21(30)18-34-24/h8,12,15-18,20,22,25,27-28,35H,6-7,9-11,13-14H2,1-5H3,(H2,32,33)/b17-12-,23-8+,26-19+. The van der Waals surface area contributed by atoms with E-state index in [1.165, 1.54) is 18.2 Å². The van der Waals surface area contributed by atoms with Gasteiger partial charge in [0.1, 0.15) is 23.6 Å². The molecule has 0 aliphatic carbocycles. The van der Waals surface area contributed by atoms with Crippen molar-refractivity contribution in [2.24, 2.45) is 22.6 Å². The minimum absolute atomic E-state index is 0.0245. The van der Waals surface area contributed by atoms with Gasteiger partial charge in [-0.15, -0.1) is 0 Å². The van der Waals surface area contributed by atoms with Crippen LogP contribution >= 0.6 is 0 Å². The van der Waals surface area contributed by atoms with E-state index in [4.69, 9.17) is 10.5 Å². The number of rotatable bonds is 13. The van der Waals surface area contributed by atoms with Gasteiger partial charge in [-0.25, -0.2) is 13.8 Å². The molecule has 36 heavy (non-hydrogen) atoms. The number of pyridine rings is 1. The van der Waals surface area contributed by atoms with Crippen molar-refractivity contribution in [3.05, 3.63) is 65.2 Å². The predicted molar refractivity (Wildman–Crippen MR) is 142 cm³/mol. The number of aromatic nitrogens is 1. The van der Waals surface area contributed by atoms with Crippen molar-refractivity contribution in [3.63, 3.8) is 0 Å². The van der Waals surface area contributed by atoms with E-state index in [0.717, 1.165) is 50.3 Å². The number of aliphatic imine (C=N–C) groups is 1. The lowest BCUT2D eigenvalue weighted by molar-refractivity contribution is -0.0517. The fraction of sp³-hybridized carbons (Fsp3) is 0.586. The summed E-state index contributed by atoms with van der Waals surface area (Å²) in [5.74, 6) is -0.131. The molecule has 5 nitrogen and oxygen atoms in total. The second kappa shape index (κ2) is 15.0. The van der Waals surface area contributed by atoms with E-state index >= 15 is 0 Å². The van der Waals surface area contributed by atoms with Crippen molar-refractivity contribution in [3.8, 4) is 0 Å². The minimum atomic E-state index is -0.898. The summed E-state index contributed by atoms with van der Waals surface area (Å²) < 4.78 is 34.2. The van der Waals surface area contributed by atoms with E-state index in [1.54, 1.807) is 13.1 Å². The third kappa shape index (κ3) is 8.07. The van der Waals surface area contributed by atoms with Crippen LogP contribution in [0.4, 0.5) is 8.78 Å². The summed E-state index contributed by atoms with van der Waals surface area (Å²) in [5, 5.41) is 10.9. The molecule has 1 aliphatic heterocycles. The zero-order chi connectivity index (χ0) is 26.7. The molecule has 3 N–H and O–H groups in total. The molecular formula is C29H43F2N3O2. The molecule has 0 amide bonds. The Labute approximate surface area is 215 Å². The van der Waals surface area contributed by atoms with E-state index in [-0.39, 0.29) is 29.8 Å². The Hall–Kier alpha value is -2.38. The van der Waals surface area contributed by atoms with Gasteiger partial charge in [0.05, 0.1) is 29.7 Å². The Kier molecular flexibility index (Phi) is 12.4. The largest absolute Gasteiger partial charge is 0.384 e. The number of halogens is 2. The highest BCUT2D eigenvalue weighted by Crippen LogP contribution is 2.41. The summed E-state index contributed by atoms with van der Waals surface area (Å²) in [6.45, 7) is 9.87. The number of allylic oxidation sites excluding steroid dienone is 3. The fourth-order valence-electron chi connectivity index (χ4n) is 5.01. The first-order valence-corrected chi connectivity index (χ1v) is 13.2. The number of hydrogen-bond acceptors (Lipinski definition) is 4. The van der Waals surface area contributed by atoms with Crippen molar-refractivity contribution >= 4 is 5.84 Å². The summed E-state index contributed by atoms with van der Waals surface area (Å²) in [6, 6.07) is 2.81. The van der Waals surface area contributed by atoms with Crippen LogP contribution in [0.3, 0.4) is 0 Å². The van der Waals surface area contributed by atoms with Gasteiger partial charge in [-0.3, -0.25) is 4.98 Å². The third-order valence-electron chi connectivity index (χ3n) is 7.08. The zero-order valence-electron chi connectivity index (χ0n) is 22.4. The predicted octanol–water partition coefficient (Wildman–Crippen LogP) is 7.11. The van der Waals surface area contributed by atoms with Gasteiger partial charge in [0.25, 0.3) is 0 Å². The molecule has 5 unspecified atom stereocenters. The summed E-state index contributed by atoms with van der Waals surface area (Å²) in [6.07, 6.45) is 11.0. The van der Waals surface area contributed by atoms with Crippen LogP contribution < -0.4 is 5.73 Å². The van der Waals surface area contributed by atoms with Crippen molar-refractivity contribution in [1.29, 1.82) is 0 Å². The van der Waals surface area contributed by atoms with Crippen molar-refractivity contribution < 1.29 is 18.6 Å². The van der Waals surface area contributed by atoms with Crippen molar-refractivity contribution in [2.45, 2.75) is 97.9 Å². The van der Waals surface area contributed by atoms with Crippen LogP contribution in [0, 0.1) is 17.7 Å². The second-order valence-corrected chi connectivity index (χ2v) is 9.64. The molecule has 1 aromatic rings. The molecule has 1 fully saturated rings. The number of ether oxygens (including phenoxy) is 1. The second-order valence-electron chi connectivity index (χ2n) is 9.64. The Morgan fingerprint density at radius 2 is 2.06 bits per heavy atom. The molecule has 0 saturated carbocycles. The average Bonchev–Trinajstić information content (AvgIpc) is 3.19. The molecule has 200 valence electrons. The molecule has 0 radical (unpaired) electrons. The van der Waals surface area contributed by atoms with E-state index < -0.39 is 11.9 Å². The fourth-order valence-corrected chi connectivity index (χ4v) is 5.01. The molecule has 0 aromatic carbocycles. The molecule has 5 atom stereocenters. The van der Waals surface area contributed by atoms with Gasteiger partial charge < -0.3 is 15.6 Å². The van der Waals surface area contributed by atoms with Crippen LogP contribution in [-0.2, 0) is 4.74 Å². The number of aliphatic hydroxyl groups is 1. The van der Waals surface area contributed by atoms with Gasteiger partial charge in [0.15, 0.2) is 0 Å². The van der Waals surface area contributed by atoms with E-state index in [0.29, 0.717) is 23.6 Å². The first-order valence-electron chi connectivity index (χ1n) is 13.2. The van der Waals surface area contributed by atoms with Crippen LogP contribution in [0.5, 0.6) is 0 Å². The lowest BCUT2D eigenvalue weighted by Crippen LogP contribution is -2.25. The third-order valence-corrected chi connectivity index (χ3v) is 7.08. The first kappa shape index (κ1) is 29.8. The number of hydrogen-bond donors (Lipinski definition) is 2. The molecule has 1 aromatic heterocycles. The monoisotopic (exact) mass is 503 g/mol. The Morgan fingerprint density at radius 1 is 1.31 bits per heavy atom. The Balaban J connectivity index is 2.00. The van der Waals surface area contributed by atoms with E-state index in [1.807, 2.05) is 13.0 Å². The zero-order valence-corrected chi connectivity index (χ0v) is 22.4. The number of amidine groups is 1. The highest BCUT2D eigenvalue weighted by Gasteiger charge is 2.44. The highest BCUT2D eigenvalue weighted by atomic mass is 19.1. The number of aliphatic hydroxyl groups excluding tert-OH is 1. The number of nitrogens with zero attached hydrogens (tertiary/aromatic N) is 2. The maximum absolute atomic E-state index is 14.6. The first-order chi connectivity index (χ1) is 17.2. The maximum atomic E-state index is 14.6. The van der Waals surface area contributed by atoms with Crippen LogP contribution in [0.1, 0.15) is 91.4 Å². The Bertz CT molecular complexity index is 940. The molecule has 2 rings (SSSR count). The maximum Gasteiger partial charge on any atom is 0.141 e. The lowest BCUT2D eigenvalue weighted by atomic mass is 9.83. The topological polar surface area (TPSA) is 80.7 Å². The summed E-state index contributed by atoms with van der Waals surface area (Å²) in [4.78, 5) is 8.27. The molecule has 1 saturated heterocycles. The van der Waals surface area contributed by atoms with Gasteiger partial charge in [-0.2, -0.15) is 0 Å². The number of nitrogens with two attached hydrogens (primary N) is 1. The summed E-state index contributed by atoms with van der Waals surface area (Å²) >= 11 is 0. The van der Waals surface area contributed by atoms with Crippen LogP contribution in [0.2, 0.25) is 0 Å². The molecular weight excluding hydrogens is 460 g/mol. The molecule has 0 spiro atoms. The lowest BCUT2D eigenvalue weighted by Gasteiger charge is -2.22. The molecule has 0 bridgehead atoms. The van der Waals surface area contributed by atoms with Gasteiger partial charge in [-0.1, -0.05) is 57.8 Å². The Morgan fingerprint density at radius 3 is 2.67 bits per heavy atom. The van der Waals surface area contributed by atoms with E-state index in [9.17, 15) is 13.9 Å². The normalized spacial score (nSPS) is 24.9. The summed E-state index contributed by atoms with van der Waals surface area (Å²) in [7, 11) is 0. The SMILES string of the molecule is C\C=C(F)/C(=C(/C)CCCCC1OC(C(O)c2ccc(F)cn2)C(C)C1CC)C(/N)=N\C=C/CCC. The average molecular weight is 504 g/mol. The summed E-state index contributed by atoms with van der Waals surface area (Å²) in [5.41, 5.74) is 7.80. The molecule has 1 aliphatic rings. The molecule has 2 heterocycles. The van der Waals surface area contributed by atoms with E-state index in [2.05, 4.69) is 30.7 Å². The quantitative estimate of drug-likeness (QED) is 0.130. The van der Waals surface area contributed by atoms with Gasteiger partial charge in [-0.05, 0) is 63.5 Å². The van der Waals surface area contributed by atoms with Gasteiger partial charge in [0, 0.05) is 6.20 Å². The van der Waals surface area contributed by atoms with Crippen molar-refractivity contribution in [1.82, 2.24) is 4.98 Å². The van der Waals surface area contributed by atoms with Crippen LogP contribution in [0.15, 0.2) is 58.6 Å². The number of unbranched alkanes of at least 4 members (excludes halogenated alkanes) is 2. The molecule has 7 heteroatoms. The highest BCUT2D eigenvalue weighted by molar-refractivity contribution is 6.01. The minimum Gasteiger partial charge on any atom is -0.384 e. The van der Waals surface area contributed by atoms with Crippen LogP contribution in [-0.4, -0.2) is 28.1 Å². The van der Waals surface area contributed by atoms with Gasteiger partial charge in [0.2, 0.25) is 0 Å². The smallest absolute Gasteiger partial charge is 0.141 e.